The third-order valence-corrected chi connectivity index (χ3v) is 4.41. The zero-order chi connectivity index (χ0) is 19.4. The molecule has 0 aromatic heterocycles. The van der Waals surface area contributed by atoms with Crippen molar-refractivity contribution in [1.29, 1.82) is 0 Å². The Bertz CT molecular complexity index is 1040. The lowest BCUT2D eigenvalue weighted by Crippen LogP contribution is -1.89. The summed E-state index contributed by atoms with van der Waals surface area (Å²) in [4.78, 5) is 4.04. The molecule has 3 aromatic carbocycles. The van der Waals surface area contributed by atoms with Gasteiger partial charge < -0.3 is 0 Å². The molecule has 1 nitrogen and oxygen atoms in total. The van der Waals surface area contributed by atoms with Gasteiger partial charge in [0.25, 0.3) is 7.05 Å². The first kappa shape index (κ1) is 18.5. The van der Waals surface area contributed by atoms with Gasteiger partial charge in [0.05, 0.1) is 0 Å². The summed E-state index contributed by atoms with van der Waals surface area (Å²) in [7, 11) is 1.75. The maximum atomic E-state index is 4.04. The van der Waals surface area contributed by atoms with Gasteiger partial charge >= 0.3 is 6.07 Å². The number of hydrogen-bond acceptors (Lipinski definition) is 0. The Kier molecular flexibility index (Phi) is 5.44. The molecule has 1 heteroatoms. The molecular formula is C26H24N+. The van der Waals surface area contributed by atoms with E-state index in [9.17, 15) is 0 Å². The molecule has 0 unspecified atom stereocenters. The van der Waals surface area contributed by atoms with Crippen LogP contribution in [0.5, 0.6) is 0 Å². The summed E-state index contributed by atoms with van der Waals surface area (Å²) in [5.41, 5.74) is 10.5. The summed E-state index contributed by atoms with van der Waals surface area (Å²) in [6.45, 7) is 8.25. The van der Waals surface area contributed by atoms with Crippen molar-refractivity contribution in [3.8, 4) is 40.2 Å². The highest BCUT2D eigenvalue weighted by molar-refractivity contribution is 5.76. The molecule has 0 amide bonds. The third kappa shape index (κ3) is 4.46. The minimum absolute atomic E-state index is 1.01. The Labute approximate surface area is 162 Å². The Morgan fingerprint density at radius 3 is 1.56 bits per heavy atom. The summed E-state index contributed by atoms with van der Waals surface area (Å²) < 4.78 is 0. The fourth-order valence-electron chi connectivity index (χ4n) is 3.43. The van der Waals surface area contributed by atoms with Crippen molar-refractivity contribution in [2.24, 2.45) is 0 Å². The van der Waals surface area contributed by atoms with Gasteiger partial charge in [0, 0.05) is 5.56 Å². The molecule has 0 saturated heterocycles. The lowest BCUT2D eigenvalue weighted by Gasteiger charge is -2.11. The fraction of sp³-hybridized carbons (Fsp3) is 0.192. The maximum Gasteiger partial charge on any atom is 0.310 e. The summed E-state index contributed by atoms with van der Waals surface area (Å²) in [5.74, 6) is 6.18. The minimum Gasteiger partial charge on any atom is -0.101 e. The van der Waals surface area contributed by atoms with E-state index in [4.69, 9.17) is 0 Å². The molecule has 0 N–H and O–H groups in total. The van der Waals surface area contributed by atoms with Gasteiger partial charge in [-0.3, -0.25) is 0 Å². The maximum absolute atomic E-state index is 4.04. The lowest BCUT2D eigenvalue weighted by atomic mass is 9.93. The topological polar surface area (TPSA) is 4.36 Å². The molecule has 0 radical (unpaired) electrons. The lowest BCUT2D eigenvalue weighted by molar-refractivity contribution is 1.41. The standard InChI is InChI=1S/C26H24N/c1-6-7-21-8-18(2)10-23(14-21)25-12-20(4)13-26(16-25)24-11-19(3)9-22(15-24)17-27-5/h8-16H,1-5H3/q+1. The zero-order valence-corrected chi connectivity index (χ0v) is 16.6. The van der Waals surface area contributed by atoms with Crippen molar-refractivity contribution in [1.82, 2.24) is 0 Å². The van der Waals surface area contributed by atoms with E-state index in [0.717, 1.165) is 11.1 Å². The van der Waals surface area contributed by atoms with Gasteiger partial charge in [-0.1, -0.05) is 35.0 Å². The Morgan fingerprint density at radius 2 is 1.04 bits per heavy atom. The van der Waals surface area contributed by atoms with E-state index >= 15 is 0 Å². The average molecular weight is 350 g/mol. The summed E-state index contributed by atoms with van der Waals surface area (Å²) in [6.07, 6.45) is 0. The molecule has 0 aliphatic rings. The zero-order valence-electron chi connectivity index (χ0n) is 16.6. The Morgan fingerprint density at radius 1 is 0.593 bits per heavy atom. The van der Waals surface area contributed by atoms with Crippen LogP contribution >= 0.6 is 0 Å². The number of hydrogen-bond donors (Lipinski definition) is 0. The summed E-state index contributed by atoms with van der Waals surface area (Å²) in [5, 5.41) is 0. The average Bonchev–Trinajstić information content (AvgIpc) is 2.61. The SMILES string of the molecule is CC#Cc1cc(C)cc(-c2cc(C)cc(-c3cc(C)cc(C#[N+]C)c3)c2)c1. The quantitative estimate of drug-likeness (QED) is 0.457. The van der Waals surface area contributed by atoms with Crippen molar-refractivity contribution in [3.05, 3.63) is 87.3 Å². The van der Waals surface area contributed by atoms with Gasteiger partial charge in [0.2, 0.25) is 0 Å². The highest BCUT2D eigenvalue weighted by atomic mass is 14.6. The second-order valence-electron chi connectivity index (χ2n) is 6.97. The van der Waals surface area contributed by atoms with Gasteiger partial charge in [-0.2, -0.15) is 0 Å². The van der Waals surface area contributed by atoms with Crippen LogP contribution in [0.4, 0.5) is 0 Å². The van der Waals surface area contributed by atoms with Crippen LogP contribution in [0.15, 0.2) is 54.6 Å². The van der Waals surface area contributed by atoms with Gasteiger partial charge in [0.1, 0.15) is 5.56 Å². The van der Waals surface area contributed by atoms with Gasteiger partial charge in [0.15, 0.2) is 0 Å². The molecule has 0 fully saturated rings. The molecular weight excluding hydrogens is 326 g/mol. The van der Waals surface area contributed by atoms with Crippen LogP contribution in [-0.4, -0.2) is 7.05 Å². The highest BCUT2D eigenvalue weighted by Gasteiger charge is 2.08. The first-order valence-electron chi connectivity index (χ1n) is 9.12. The number of benzene rings is 3. The molecule has 0 bridgehead atoms. The van der Waals surface area contributed by atoms with Gasteiger partial charge in [-0.15, -0.1) is 5.92 Å². The molecule has 3 rings (SSSR count). The van der Waals surface area contributed by atoms with Crippen molar-refractivity contribution in [2.75, 3.05) is 7.05 Å². The first-order valence-corrected chi connectivity index (χ1v) is 9.12. The molecule has 132 valence electrons. The van der Waals surface area contributed by atoms with E-state index in [0.29, 0.717) is 0 Å². The van der Waals surface area contributed by atoms with Crippen LogP contribution in [-0.2, 0) is 0 Å². The largest absolute Gasteiger partial charge is 0.310 e. The first-order chi connectivity index (χ1) is 13.0. The van der Waals surface area contributed by atoms with Crippen LogP contribution in [0.3, 0.4) is 0 Å². The van der Waals surface area contributed by atoms with Crippen molar-refractivity contribution in [3.63, 3.8) is 0 Å². The molecule has 0 atom stereocenters. The van der Waals surface area contributed by atoms with Crippen LogP contribution in [0.1, 0.15) is 34.7 Å². The monoisotopic (exact) mass is 350 g/mol. The second kappa shape index (κ2) is 7.94. The molecule has 0 saturated carbocycles. The van der Waals surface area contributed by atoms with E-state index in [1.165, 1.54) is 38.9 Å². The summed E-state index contributed by atoms with van der Waals surface area (Å²) in [6, 6.07) is 22.7. The minimum atomic E-state index is 1.01. The predicted octanol–water partition coefficient (Wildman–Crippen LogP) is 6.63. The van der Waals surface area contributed by atoms with Crippen molar-refractivity contribution in [2.45, 2.75) is 27.7 Å². The normalized spacial score (nSPS) is 9.81. The second-order valence-corrected chi connectivity index (χ2v) is 6.97. The van der Waals surface area contributed by atoms with E-state index in [2.05, 4.69) is 98.1 Å². The molecule has 0 spiro atoms. The van der Waals surface area contributed by atoms with Gasteiger partial charge in [-0.25, -0.2) is 0 Å². The van der Waals surface area contributed by atoms with E-state index in [1.807, 2.05) is 6.92 Å². The van der Waals surface area contributed by atoms with E-state index in [1.54, 1.807) is 7.05 Å². The molecule has 0 aliphatic carbocycles. The molecule has 3 aromatic rings. The van der Waals surface area contributed by atoms with Crippen LogP contribution in [0, 0.1) is 38.7 Å². The number of rotatable bonds is 2. The fourth-order valence-corrected chi connectivity index (χ4v) is 3.43. The van der Waals surface area contributed by atoms with Crippen molar-refractivity contribution >= 4 is 0 Å². The molecule has 0 heterocycles. The van der Waals surface area contributed by atoms with Crippen LogP contribution < -0.4 is 0 Å². The Balaban J connectivity index is 2.15. The van der Waals surface area contributed by atoms with E-state index < -0.39 is 0 Å². The summed E-state index contributed by atoms with van der Waals surface area (Å²) >= 11 is 0. The highest BCUT2D eigenvalue weighted by Crippen LogP contribution is 2.30. The van der Waals surface area contributed by atoms with Gasteiger partial charge in [-0.05, 0) is 97.0 Å². The number of nitrogens with zero attached hydrogens (tertiary/aromatic N) is 1. The molecule has 0 aliphatic heterocycles. The van der Waals surface area contributed by atoms with Crippen LogP contribution in [0.25, 0.3) is 27.1 Å². The van der Waals surface area contributed by atoms with Crippen molar-refractivity contribution < 1.29 is 0 Å². The number of aryl methyl sites for hydroxylation is 3. The molecule has 27 heavy (non-hydrogen) atoms. The van der Waals surface area contributed by atoms with Crippen LogP contribution in [0.2, 0.25) is 0 Å². The van der Waals surface area contributed by atoms with E-state index in [-0.39, 0.29) is 0 Å². The Hall–Kier alpha value is -3.29. The predicted molar refractivity (Wildman–Crippen MR) is 116 cm³/mol. The third-order valence-electron chi connectivity index (χ3n) is 4.41. The smallest absolute Gasteiger partial charge is 0.101 e.